The van der Waals surface area contributed by atoms with Gasteiger partial charge >= 0.3 is 0 Å². The lowest BCUT2D eigenvalue weighted by Gasteiger charge is -2.27. The van der Waals surface area contributed by atoms with Gasteiger partial charge in [0, 0.05) is 36.1 Å². The highest BCUT2D eigenvalue weighted by molar-refractivity contribution is 8.00. The topological polar surface area (TPSA) is 45.7 Å². The average Bonchev–Trinajstić information content (AvgIpc) is 3.24. The zero-order chi connectivity index (χ0) is 21.6. The minimum Gasteiger partial charge on any atom is -0.379 e. The predicted molar refractivity (Wildman–Crippen MR) is 131 cm³/mol. The minimum atomic E-state index is 0.0821. The Morgan fingerprint density at radius 3 is 2.77 bits per heavy atom. The van der Waals surface area contributed by atoms with Gasteiger partial charge < -0.3 is 4.74 Å². The number of hydrogen-bond acceptors (Lipinski definition) is 6. The van der Waals surface area contributed by atoms with E-state index in [0.29, 0.717) is 17.3 Å². The van der Waals surface area contributed by atoms with E-state index < -0.39 is 0 Å². The summed E-state index contributed by atoms with van der Waals surface area (Å²) in [6.07, 6.45) is 0.900. The summed E-state index contributed by atoms with van der Waals surface area (Å²) in [5, 5.41) is 1.45. The molecule has 0 unspecified atom stereocenters. The van der Waals surface area contributed by atoms with E-state index in [1.165, 1.54) is 0 Å². The van der Waals surface area contributed by atoms with Crippen molar-refractivity contribution in [3.05, 3.63) is 53.1 Å². The van der Waals surface area contributed by atoms with Crippen LogP contribution in [-0.2, 0) is 9.53 Å². The van der Waals surface area contributed by atoms with Gasteiger partial charge in [-0.1, -0.05) is 41.1 Å². The van der Waals surface area contributed by atoms with Gasteiger partial charge in [0.05, 0.1) is 29.2 Å². The number of hydrogen-bond donors (Lipinski definition) is 0. The third-order valence-electron chi connectivity index (χ3n) is 5.33. The van der Waals surface area contributed by atoms with E-state index >= 15 is 0 Å². The van der Waals surface area contributed by atoms with Gasteiger partial charge in [-0.3, -0.25) is 14.6 Å². The smallest absolute Gasteiger partial charge is 0.239 e. The van der Waals surface area contributed by atoms with E-state index in [1.54, 1.807) is 23.1 Å². The SMILES string of the molecule is Cc1c(Cl)ccc2sc(N(CCCN3CCOCC3)C(=O)CSc3ccccc3)nc12. The number of halogens is 1. The zero-order valence-corrected chi connectivity index (χ0v) is 19.9. The second-order valence-electron chi connectivity index (χ2n) is 7.47. The molecule has 0 spiro atoms. The van der Waals surface area contributed by atoms with E-state index in [-0.39, 0.29) is 5.91 Å². The molecule has 0 radical (unpaired) electrons. The van der Waals surface area contributed by atoms with Gasteiger partial charge in [-0.15, -0.1) is 11.8 Å². The molecule has 31 heavy (non-hydrogen) atoms. The Labute approximate surface area is 196 Å². The first-order valence-electron chi connectivity index (χ1n) is 10.5. The molecule has 1 aliphatic rings. The number of carbonyl (C=O) groups is 1. The van der Waals surface area contributed by atoms with Crippen LogP contribution in [0, 0.1) is 6.92 Å². The molecule has 164 valence electrons. The number of rotatable bonds is 8. The molecular weight excluding hydrogens is 450 g/mol. The summed E-state index contributed by atoms with van der Waals surface area (Å²) in [4.78, 5) is 23.4. The molecule has 0 N–H and O–H groups in total. The Balaban J connectivity index is 1.49. The maximum absolute atomic E-state index is 13.2. The van der Waals surface area contributed by atoms with E-state index in [0.717, 1.165) is 65.1 Å². The highest BCUT2D eigenvalue weighted by Gasteiger charge is 2.21. The molecular formula is C23H26ClN3O2S2. The van der Waals surface area contributed by atoms with Gasteiger partial charge in [-0.25, -0.2) is 4.98 Å². The summed E-state index contributed by atoms with van der Waals surface area (Å²) in [6.45, 7) is 7.06. The number of anilines is 1. The third-order valence-corrected chi connectivity index (χ3v) is 7.78. The molecule has 1 fully saturated rings. The fourth-order valence-corrected chi connectivity index (χ4v) is 5.56. The molecule has 4 rings (SSSR count). The molecule has 0 bridgehead atoms. The first kappa shape index (κ1) is 22.6. The predicted octanol–water partition coefficient (Wildman–Crippen LogP) is 5.11. The molecule has 1 amide bonds. The summed E-state index contributed by atoms with van der Waals surface area (Å²) < 4.78 is 6.49. The molecule has 8 heteroatoms. The van der Waals surface area contributed by atoms with Crippen molar-refractivity contribution in [2.45, 2.75) is 18.2 Å². The normalized spacial score (nSPS) is 14.8. The largest absolute Gasteiger partial charge is 0.379 e. The lowest BCUT2D eigenvalue weighted by molar-refractivity contribution is -0.116. The molecule has 0 aliphatic carbocycles. The van der Waals surface area contributed by atoms with Crippen LogP contribution in [0.2, 0.25) is 5.02 Å². The number of carbonyl (C=O) groups excluding carboxylic acids is 1. The molecule has 3 aromatic rings. The monoisotopic (exact) mass is 475 g/mol. The number of aromatic nitrogens is 1. The van der Waals surface area contributed by atoms with Gasteiger partial charge in [0.1, 0.15) is 0 Å². The lowest BCUT2D eigenvalue weighted by atomic mass is 10.2. The molecule has 5 nitrogen and oxygen atoms in total. The first-order valence-corrected chi connectivity index (χ1v) is 12.6. The minimum absolute atomic E-state index is 0.0821. The van der Waals surface area contributed by atoms with Crippen molar-refractivity contribution < 1.29 is 9.53 Å². The maximum Gasteiger partial charge on any atom is 0.239 e. The fourth-order valence-electron chi connectivity index (χ4n) is 3.55. The number of benzene rings is 2. The molecule has 1 aromatic heterocycles. The Morgan fingerprint density at radius 1 is 1.23 bits per heavy atom. The van der Waals surface area contributed by atoms with Gasteiger partial charge in [0.2, 0.25) is 5.91 Å². The lowest BCUT2D eigenvalue weighted by Crippen LogP contribution is -2.39. The number of aryl methyl sites for hydroxylation is 1. The Morgan fingerprint density at radius 2 is 2.00 bits per heavy atom. The summed E-state index contributed by atoms with van der Waals surface area (Å²) in [6, 6.07) is 13.9. The summed E-state index contributed by atoms with van der Waals surface area (Å²) in [7, 11) is 0. The van der Waals surface area contributed by atoms with Crippen molar-refractivity contribution >= 4 is 56.0 Å². The van der Waals surface area contributed by atoms with Crippen LogP contribution in [0.15, 0.2) is 47.4 Å². The summed E-state index contributed by atoms with van der Waals surface area (Å²) in [5.41, 5.74) is 1.84. The number of thiazole rings is 1. The molecule has 0 saturated carbocycles. The molecule has 1 aliphatic heterocycles. The second kappa shape index (κ2) is 10.8. The van der Waals surface area contributed by atoms with Crippen molar-refractivity contribution in [3.8, 4) is 0 Å². The second-order valence-corrected chi connectivity index (χ2v) is 9.94. The van der Waals surface area contributed by atoms with Crippen molar-refractivity contribution in [1.82, 2.24) is 9.88 Å². The van der Waals surface area contributed by atoms with Gasteiger partial charge in [0.25, 0.3) is 0 Å². The van der Waals surface area contributed by atoms with Crippen LogP contribution in [0.1, 0.15) is 12.0 Å². The van der Waals surface area contributed by atoms with Crippen molar-refractivity contribution in [3.63, 3.8) is 0 Å². The Kier molecular flexibility index (Phi) is 7.85. The molecule has 1 saturated heterocycles. The van der Waals surface area contributed by atoms with Crippen LogP contribution in [-0.4, -0.2) is 60.9 Å². The van der Waals surface area contributed by atoms with Gasteiger partial charge in [0.15, 0.2) is 5.13 Å². The first-order chi connectivity index (χ1) is 15.1. The zero-order valence-electron chi connectivity index (χ0n) is 17.6. The Bertz CT molecular complexity index is 1020. The quantitative estimate of drug-likeness (QED) is 0.424. The number of ether oxygens (including phenoxy) is 1. The van der Waals surface area contributed by atoms with Crippen molar-refractivity contribution in [1.29, 1.82) is 0 Å². The number of morpholine rings is 1. The highest BCUT2D eigenvalue weighted by atomic mass is 35.5. The van der Waals surface area contributed by atoms with Gasteiger partial charge in [-0.05, 0) is 43.2 Å². The third kappa shape index (κ3) is 5.79. The standard InChI is InChI=1S/C23H26ClN3O2S2/c1-17-19(24)8-9-20-22(17)25-23(31-20)27(11-5-10-26-12-14-29-15-13-26)21(28)16-30-18-6-3-2-4-7-18/h2-4,6-9H,5,10-16H2,1H3. The molecule has 0 atom stereocenters. The van der Waals surface area contributed by atoms with E-state index in [1.807, 2.05) is 54.3 Å². The van der Waals surface area contributed by atoms with E-state index in [9.17, 15) is 4.79 Å². The maximum atomic E-state index is 13.2. The number of fused-ring (bicyclic) bond motifs is 1. The van der Waals surface area contributed by atoms with Crippen LogP contribution < -0.4 is 4.90 Å². The van der Waals surface area contributed by atoms with Crippen LogP contribution in [0.25, 0.3) is 10.2 Å². The highest BCUT2D eigenvalue weighted by Crippen LogP contribution is 2.34. The van der Waals surface area contributed by atoms with Crippen LogP contribution in [0.4, 0.5) is 5.13 Å². The average molecular weight is 476 g/mol. The number of nitrogens with zero attached hydrogens (tertiary/aromatic N) is 3. The summed E-state index contributed by atoms with van der Waals surface area (Å²) >= 11 is 9.41. The number of amides is 1. The molecule has 2 heterocycles. The van der Waals surface area contributed by atoms with Crippen molar-refractivity contribution in [2.24, 2.45) is 0 Å². The Hall–Kier alpha value is -1.64. The van der Waals surface area contributed by atoms with Crippen LogP contribution in [0.5, 0.6) is 0 Å². The molecule has 2 aromatic carbocycles. The summed E-state index contributed by atoms with van der Waals surface area (Å²) in [5.74, 6) is 0.468. The van der Waals surface area contributed by atoms with Crippen LogP contribution >= 0.6 is 34.7 Å². The van der Waals surface area contributed by atoms with Crippen molar-refractivity contribution in [2.75, 3.05) is 50.0 Å². The van der Waals surface area contributed by atoms with E-state index in [4.69, 9.17) is 21.3 Å². The van der Waals surface area contributed by atoms with E-state index in [2.05, 4.69) is 4.90 Å². The number of thioether (sulfide) groups is 1. The van der Waals surface area contributed by atoms with Crippen LogP contribution in [0.3, 0.4) is 0 Å². The van der Waals surface area contributed by atoms with Gasteiger partial charge in [-0.2, -0.15) is 0 Å². The fraction of sp³-hybridized carbons (Fsp3) is 0.391.